The first-order valence-electron chi connectivity index (χ1n) is 21.5. The zero-order valence-electron chi connectivity index (χ0n) is 35.2. The molecule has 53 heavy (non-hydrogen) atoms. The molecule has 0 radical (unpaired) electrons. The van der Waals surface area contributed by atoms with Crippen LogP contribution >= 0.6 is 11.6 Å². The second kappa shape index (κ2) is 15.7. The topological polar surface area (TPSA) is 49.9 Å². The summed E-state index contributed by atoms with van der Waals surface area (Å²) in [6.45, 7) is 22.7. The second-order valence-electron chi connectivity index (χ2n) is 20.5. The van der Waals surface area contributed by atoms with E-state index in [-0.39, 0.29) is 39.7 Å². The molecule has 4 fully saturated rings. The van der Waals surface area contributed by atoms with E-state index in [4.69, 9.17) is 16.3 Å². The van der Waals surface area contributed by atoms with Gasteiger partial charge in [0.05, 0.1) is 6.42 Å². The summed E-state index contributed by atoms with van der Waals surface area (Å²) in [5.74, 6) is 3.56. The zero-order chi connectivity index (χ0) is 38.5. The van der Waals surface area contributed by atoms with Crippen LogP contribution in [0.2, 0.25) is 5.02 Å². The van der Waals surface area contributed by atoms with E-state index in [2.05, 4.69) is 91.4 Å². The number of hydrogen-bond donors (Lipinski definition) is 0. The molecular weight excluding hydrogens is 676 g/mol. The standard InChI is InChI=1S/C47H73ClN2O3/c1-11-44(5,6)29-41(52)53-39-20-22-45(7)36(32(39)4)18-21-46(8)37-19-23-47(28-38(51)42(31(2)3)43(47)35(37)16-17-40(45)46)24-25-50(27-26-49(9)10)30-33-12-14-34(48)15-13-33/h12-15,31-32,35-37,39-40H,11,16-30H2,1-10H3. The number of halogens is 1. The molecule has 1 aromatic carbocycles. The predicted molar refractivity (Wildman–Crippen MR) is 219 cm³/mol. The fourth-order valence-corrected chi connectivity index (χ4v) is 13.2. The van der Waals surface area contributed by atoms with E-state index in [9.17, 15) is 9.59 Å². The van der Waals surface area contributed by atoms with Crippen molar-refractivity contribution in [3.63, 3.8) is 0 Å². The van der Waals surface area contributed by atoms with Crippen LogP contribution in [0.1, 0.15) is 138 Å². The van der Waals surface area contributed by atoms with E-state index < -0.39 is 0 Å². The number of ether oxygens (including phenoxy) is 1. The fourth-order valence-electron chi connectivity index (χ4n) is 13.1. The molecule has 0 heterocycles. The molecule has 0 aliphatic heterocycles. The predicted octanol–water partition coefficient (Wildman–Crippen LogP) is 11.0. The Balaban J connectivity index is 1.22. The highest BCUT2D eigenvalue weighted by atomic mass is 35.5. The maximum Gasteiger partial charge on any atom is 0.306 e. The van der Waals surface area contributed by atoms with Crippen molar-refractivity contribution in [2.75, 3.05) is 33.7 Å². The molecule has 9 atom stereocenters. The average Bonchev–Trinajstić information content (AvgIpc) is 3.40. The smallest absolute Gasteiger partial charge is 0.306 e. The Morgan fingerprint density at radius 3 is 2.26 bits per heavy atom. The minimum atomic E-state index is -0.00987. The van der Waals surface area contributed by atoms with Crippen LogP contribution in [-0.4, -0.2) is 61.4 Å². The van der Waals surface area contributed by atoms with Crippen molar-refractivity contribution in [3.05, 3.63) is 46.0 Å². The van der Waals surface area contributed by atoms with E-state index in [1.165, 1.54) is 43.2 Å². The van der Waals surface area contributed by atoms with Crippen molar-refractivity contribution >= 4 is 23.4 Å². The van der Waals surface area contributed by atoms with Crippen molar-refractivity contribution in [1.29, 1.82) is 0 Å². The van der Waals surface area contributed by atoms with Crippen LogP contribution in [0.4, 0.5) is 0 Å². The first-order valence-corrected chi connectivity index (χ1v) is 21.9. The van der Waals surface area contributed by atoms with Gasteiger partial charge >= 0.3 is 5.97 Å². The van der Waals surface area contributed by atoms with Gasteiger partial charge in [-0.2, -0.15) is 0 Å². The summed E-state index contributed by atoms with van der Waals surface area (Å²) in [6.07, 6.45) is 12.9. The largest absolute Gasteiger partial charge is 0.462 e. The highest BCUT2D eigenvalue weighted by molar-refractivity contribution is 6.30. The van der Waals surface area contributed by atoms with Crippen LogP contribution in [0, 0.1) is 57.2 Å². The van der Waals surface area contributed by atoms with Gasteiger partial charge in [-0.3, -0.25) is 14.5 Å². The maximum atomic E-state index is 14.2. The SMILES string of the molecule is CCC(C)(C)CC(=O)OC1CCC2(C)C(CCC3(C)C4CCC5(CCN(CCN(C)C)Cc6ccc(Cl)cc6)CC(=O)C(C(C)C)=C5C4CCC32)C1C. The van der Waals surface area contributed by atoms with Crippen LogP contribution in [0.25, 0.3) is 0 Å². The molecule has 4 saturated carbocycles. The van der Waals surface area contributed by atoms with Crippen molar-refractivity contribution in [1.82, 2.24) is 9.80 Å². The molecule has 9 unspecified atom stereocenters. The molecular formula is C47H73ClN2O3. The van der Waals surface area contributed by atoms with Crippen LogP contribution in [-0.2, 0) is 20.9 Å². The van der Waals surface area contributed by atoms with Gasteiger partial charge in [-0.1, -0.05) is 91.1 Å². The molecule has 5 aliphatic rings. The van der Waals surface area contributed by atoms with Gasteiger partial charge in [0.15, 0.2) is 5.78 Å². The molecule has 0 N–H and O–H groups in total. The lowest BCUT2D eigenvalue weighted by molar-refractivity contribution is -0.191. The number of ketones is 1. The lowest BCUT2D eigenvalue weighted by Gasteiger charge is -2.67. The number of carbonyl (C=O) groups is 2. The molecule has 6 rings (SSSR count). The van der Waals surface area contributed by atoms with Crippen molar-refractivity contribution in [2.45, 2.75) is 145 Å². The van der Waals surface area contributed by atoms with Gasteiger partial charge in [0.2, 0.25) is 0 Å². The molecule has 6 heteroatoms. The Morgan fingerprint density at radius 2 is 1.60 bits per heavy atom. The number of rotatable bonds is 13. The molecule has 296 valence electrons. The molecule has 0 saturated heterocycles. The number of esters is 1. The third kappa shape index (κ3) is 7.98. The third-order valence-electron chi connectivity index (χ3n) is 16.2. The molecule has 5 aliphatic carbocycles. The number of likely N-dealkylation sites (N-methyl/N-ethyl adjacent to an activating group) is 1. The summed E-state index contributed by atoms with van der Waals surface area (Å²) < 4.78 is 6.30. The number of nitrogens with zero attached hydrogens (tertiary/aromatic N) is 2. The summed E-state index contributed by atoms with van der Waals surface area (Å²) >= 11 is 6.25. The molecule has 0 bridgehead atoms. The number of allylic oxidation sites excluding steroid dienone is 2. The Kier molecular flexibility index (Phi) is 12.1. The number of Topliss-reactive ketones (excluding diaryl/α,β-unsaturated/α-hetero) is 1. The van der Waals surface area contributed by atoms with Crippen molar-refractivity contribution < 1.29 is 14.3 Å². The maximum absolute atomic E-state index is 14.2. The highest BCUT2D eigenvalue weighted by Gasteiger charge is 2.65. The summed E-state index contributed by atoms with van der Waals surface area (Å²) in [7, 11) is 4.32. The third-order valence-corrected chi connectivity index (χ3v) is 16.5. The summed E-state index contributed by atoms with van der Waals surface area (Å²) in [5.41, 5.74) is 4.66. The molecule has 1 aromatic rings. The number of benzene rings is 1. The van der Waals surface area contributed by atoms with Crippen molar-refractivity contribution in [3.8, 4) is 0 Å². The number of fused-ring (bicyclic) bond motifs is 7. The van der Waals surface area contributed by atoms with Crippen LogP contribution < -0.4 is 0 Å². The quantitative estimate of drug-likeness (QED) is 0.188. The fraction of sp³-hybridized carbons (Fsp3) is 0.787. The van der Waals surface area contributed by atoms with E-state index in [1.807, 2.05) is 12.1 Å². The molecule has 0 amide bonds. The minimum absolute atomic E-state index is 0.00130. The lowest BCUT2D eigenvalue weighted by Crippen LogP contribution is -2.60. The Labute approximate surface area is 328 Å². The van der Waals surface area contributed by atoms with Crippen LogP contribution in [0.3, 0.4) is 0 Å². The van der Waals surface area contributed by atoms with Gasteiger partial charge in [0.1, 0.15) is 6.10 Å². The average molecular weight is 750 g/mol. The van der Waals surface area contributed by atoms with Gasteiger partial charge in [-0.25, -0.2) is 0 Å². The van der Waals surface area contributed by atoms with Crippen LogP contribution in [0.15, 0.2) is 35.4 Å². The molecule has 5 nitrogen and oxygen atoms in total. The highest BCUT2D eigenvalue weighted by Crippen LogP contribution is 2.72. The Hall–Kier alpha value is -1.69. The summed E-state index contributed by atoms with van der Waals surface area (Å²) in [5, 5.41) is 0.783. The van der Waals surface area contributed by atoms with E-state index >= 15 is 0 Å². The van der Waals surface area contributed by atoms with Gasteiger partial charge < -0.3 is 9.64 Å². The number of hydrogen-bond acceptors (Lipinski definition) is 5. The van der Waals surface area contributed by atoms with E-state index in [0.717, 1.165) is 63.3 Å². The summed E-state index contributed by atoms with van der Waals surface area (Å²) in [6, 6.07) is 8.34. The van der Waals surface area contributed by atoms with Gasteiger partial charge in [-0.05, 0) is 153 Å². The van der Waals surface area contributed by atoms with Gasteiger partial charge in [0, 0.05) is 36.5 Å². The van der Waals surface area contributed by atoms with E-state index in [1.54, 1.807) is 5.57 Å². The van der Waals surface area contributed by atoms with Crippen LogP contribution in [0.5, 0.6) is 0 Å². The monoisotopic (exact) mass is 749 g/mol. The van der Waals surface area contributed by atoms with Gasteiger partial charge in [0.25, 0.3) is 0 Å². The first-order chi connectivity index (χ1) is 24.9. The molecule has 0 spiro atoms. The Morgan fingerprint density at radius 1 is 0.943 bits per heavy atom. The van der Waals surface area contributed by atoms with E-state index in [0.29, 0.717) is 48.2 Å². The summed E-state index contributed by atoms with van der Waals surface area (Å²) in [4.78, 5) is 32.2. The minimum Gasteiger partial charge on any atom is -0.462 e. The normalized spacial score (nSPS) is 35.7. The van der Waals surface area contributed by atoms with Crippen molar-refractivity contribution in [2.24, 2.45) is 57.2 Å². The molecule has 0 aromatic heterocycles. The van der Waals surface area contributed by atoms with Gasteiger partial charge in [-0.15, -0.1) is 0 Å². The lowest BCUT2D eigenvalue weighted by atomic mass is 9.38. The second-order valence-corrected chi connectivity index (χ2v) is 20.9. The Bertz CT molecular complexity index is 1520. The first kappa shape index (κ1) is 41.0. The number of carbonyl (C=O) groups excluding carboxylic acids is 2. The zero-order valence-corrected chi connectivity index (χ0v) is 35.9.